The Hall–Kier alpha value is -0.160. The molecule has 0 radical (unpaired) electrons. The van der Waals surface area contributed by atoms with E-state index >= 15 is 0 Å². The number of rotatable bonds is 1. The quantitative estimate of drug-likeness (QED) is 0.579. The Labute approximate surface area is 71.1 Å². The van der Waals surface area contributed by atoms with Crippen molar-refractivity contribution in [2.45, 2.75) is 44.6 Å². The summed E-state index contributed by atoms with van der Waals surface area (Å²) in [6.07, 6.45) is -0.357. The predicted octanol–water partition coefficient (Wildman–Crippen LogP) is -0.163. The summed E-state index contributed by atoms with van der Waals surface area (Å²) in [5.74, 6) is 0.159. The normalized spacial score (nSPS) is 53.8. The third kappa shape index (κ3) is 1.35. The highest BCUT2D eigenvalue weighted by Crippen LogP contribution is 2.35. The molecule has 2 rings (SSSR count). The van der Waals surface area contributed by atoms with Crippen molar-refractivity contribution in [3.05, 3.63) is 0 Å². The van der Waals surface area contributed by atoms with Crippen molar-refractivity contribution >= 4 is 0 Å². The van der Waals surface area contributed by atoms with Gasteiger partial charge in [0.1, 0.15) is 0 Å². The van der Waals surface area contributed by atoms with Gasteiger partial charge in [-0.2, -0.15) is 0 Å². The van der Waals surface area contributed by atoms with Crippen LogP contribution in [0.3, 0.4) is 0 Å². The number of hydrogen-bond donors (Lipinski definition) is 2. The van der Waals surface area contributed by atoms with Crippen LogP contribution in [0.2, 0.25) is 0 Å². The molecule has 0 amide bonds. The molecule has 2 fully saturated rings. The van der Waals surface area contributed by atoms with Crippen molar-refractivity contribution in [3.8, 4) is 0 Å². The molecule has 2 aliphatic rings. The van der Waals surface area contributed by atoms with E-state index in [9.17, 15) is 10.2 Å². The van der Waals surface area contributed by atoms with E-state index in [0.29, 0.717) is 12.8 Å². The zero-order chi connectivity index (χ0) is 8.72. The number of ether oxygens (including phenoxy) is 2. The smallest absolute Gasteiger partial charge is 0.166 e. The zero-order valence-electron chi connectivity index (χ0n) is 7.01. The summed E-state index contributed by atoms with van der Waals surface area (Å²) in [5.41, 5.74) is 0. The van der Waals surface area contributed by atoms with Crippen LogP contribution < -0.4 is 0 Å². The van der Waals surface area contributed by atoms with E-state index in [1.165, 1.54) is 0 Å². The van der Waals surface area contributed by atoms with Gasteiger partial charge in [0.25, 0.3) is 0 Å². The average molecular weight is 174 g/mol. The van der Waals surface area contributed by atoms with Crippen molar-refractivity contribution < 1.29 is 19.7 Å². The van der Waals surface area contributed by atoms with Crippen LogP contribution in [0.15, 0.2) is 0 Å². The van der Waals surface area contributed by atoms with Crippen LogP contribution >= 0.6 is 0 Å². The van der Waals surface area contributed by atoms with Crippen LogP contribution in [0, 0.1) is 5.92 Å². The van der Waals surface area contributed by atoms with Gasteiger partial charge in [0.2, 0.25) is 0 Å². The Morgan fingerprint density at radius 2 is 1.58 bits per heavy atom. The fourth-order valence-corrected chi connectivity index (χ4v) is 1.86. The summed E-state index contributed by atoms with van der Waals surface area (Å²) >= 11 is 0. The molecule has 4 heteroatoms. The second-order valence-electron chi connectivity index (χ2n) is 3.57. The van der Waals surface area contributed by atoms with Crippen molar-refractivity contribution in [1.29, 1.82) is 0 Å². The van der Waals surface area contributed by atoms with E-state index in [1.54, 1.807) is 0 Å². The molecule has 1 saturated carbocycles. The Balaban J connectivity index is 1.84. The van der Waals surface area contributed by atoms with Crippen molar-refractivity contribution in [2.24, 2.45) is 5.92 Å². The molecule has 0 bridgehead atoms. The van der Waals surface area contributed by atoms with E-state index in [0.717, 1.165) is 0 Å². The van der Waals surface area contributed by atoms with Crippen molar-refractivity contribution in [2.75, 3.05) is 0 Å². The highest BCUT2D eigenvalue weighted by molar-refractivity contribution is 4.85. The first-order valence-corrected chi connectivity index (χ1v) is 4.34. The lowest BCUT2D eigenvalue weighted by Crippen LogP contribution is -2.43. The monoisotopic (exact) mass is 174 g/mol. The first-order valence-electron chi connectivity index (χ1n) is 4.34. The van der Waals surface area contributed by atoms with Crippen LogP contribution in [0.25, 0.3) is 0 Å². The molecule has 12 heavy (non-hydrogen) atoms. The second-order valence-corrected chi connectivity index (χ2v) is 3.57. The molecule has 1 heterocycles. The molecule has 1 saturated heterocycles. The average Bonchev–Trinajstić information content (AvgIpc) is 2.26. The maximum atomic E-state index is 9.24. The van der Waals surface area contributed by atoms with Crippen LogP contribution in [-0.4, -0.2) is 35.0 Å². The van der Waals surface area contributed by atoms with Gasteiger partial charge < -0.3 is 19.7 Å². The van der Waals surface area contributed by atoms with E-state index < -0.39 is 12.2 Å². The van der Waals surface area contributed by atoms with E-state index in [1.807, 2.05) is 6.92 Å². The summed E-state index contributed by atoms with van der Waals surface area (Å²) in [6.45, 7) is 1.83. The maximum absolute atomic E-state index is 9.24. The third-order valence-corrected chi connectivity index (χ3v) is 2.57. The largest absolute Gasteiger partial charge is 0.390 e. The molecule has 1 aliphatic carbocycles. The second kappa shape index (κ2) is 2.96. The SMILES string of the molecule is CC1OC(C2CC(O)C(O)C2)O1. The fraction of sp³-hybridized carbons (Fsp3) is 1.00. The van der Waals surface area contributed by atoms with E-state index in [4.69, 9.17) is 9.47 Å². The first-order chi connectivity index (χ1) is 5.66. The zero-order valence-corrected chi connectivity index (χ0v) is 7.01. The number of aliphatic hydroxyl groups is 2. The Morgan fingerprint density at radius 1 is 1.08 bits per heavy atom. The lowest BCUT2D eigenvalue weighted by atomic mass is 10.1. The van der Waals surface area contributed by atoms with Gasteiger partial charge in [0, 0.05) is 5.92 Å². The van der Waals surface area contributed by atoms with Gasteiger partial charge in [0.05, 0.1) is 12.2 Å². The lowest BCUT2D eigenvalue weighted by Gasteiger charge is -2.37. The van der Waals surface area contributed by atoms with Gasteiger partial charge in [-0.15, -0.1) is 0 Å². The summed E-state index contributed by atoms with van der Waals surface area (Å²) in [4.78, 5) is 0. The topological polar surface area (TPSA) is 58.9 Å². The molecule has 0 aromatic rings. The van der Waals surface area contributed by atoms with E-state index in [-0.39, 0.29) is 18.5 Å². The molecular formula is C8H14O4. The Bertz CT molecular complexity index is 156. The minimum Gasteiger partial charge on any atom is -0.390 e. The molecular weight excluding hydrogens is 160 g/mol. The van der Waals surface area contributed by atoms with Gasteiger partial charge in [-0.05, 0) is 19.8 Å². The van der Waals surface area contributed by atoms with Crippen molar-refractivity contribution in [3.63, 3.8) is 0 Å². The highest BCUT2D eigenvalue weighted by atomic mass is 16.9. The van der Waals surface area contributed by atoms with Crippen molar-refractivity contribution in [1.82, 2.24) is 0 Å². The van der Waals surface area contributed by atoms with Crippen LogP contribution in [0.5, 0.6) is 0 Å². The molecule has 70 valence electrons. The van der Waals surface area contributed by atoms with Gasteiger partial charge in [-0.1, -0.05) is 0 Å². The van der Waals surface area contributed by atoms with E-state index in [2.05, 4.69) is 0 Å². The highest BCUT2D eigenvalue weighted by Gasteiger charge is 2.42. The number of hydrogen-bond acceptors (Lipinski definition) is 4. The predicted molar refractivity (Wildman–Crippen MR) is 40.2 cm³/mol. The molecule has 2 unspecified atom stereocenters. The summed E-state index contributed by atoms with van der Waals surface area (Å²) in [5, 5.41) is 18.5. The van der Waals surface area contributed by atoms with Crippen LogP contribution in [0.4, 0.5) is 0 Å². The standard InChI is InChI=1S/C8H14O4/c1-4-11-8(12-4)5-2-6(9)7(10)3-5/h4-10H,2-3H2,1H3. The summed E-state index contributed by atoms with van der Waals surface area (Å²) in [6, 6.07) is 0. The first kappa shape index (κ1) is 8.44. The Morgan fingerprint density at radius 3 is 2.00 bits per heavy atom. The molecule has 2 N–H and O–H groups in total. The Kier molecular flexibility index (Phi) is 2.08. The van der Waals surface area contributed by atoms with Crippen LogP contribution in [0.1, 0.15) is 19.8 Å². The maximum Gasteiger partial charge on any atom is 0.166 e. The third-order valence-electron chi connectivity index (χ3n) is 2.57. The lowest BCUT2D eigenvalue weighted by molar-refractivity contribution is -0.392. The minimum absolute atomic E-state index is 0.120. The van der Waals surface area contributed by atoms with Gasteiger partial charge in [-0.3, -0.25) is 0 Å². The van der Waals surface area contributed by atoms with Gasteiger partial charge in [0.15, 0.2) is 12.6 Å². The summed E-state index contributed by atoms with van der Waals surface area (Å²) < 4.78 is 10.6. The fourth-order valence-electron chi connectivity index (χ4n) is 1.86. The molecule has 4 nitrogen and oxygen atoms in total. The van der Waals surface area contributed by atoms with Gasteiger partial charge in [-0.25, -0.2) is 0 Å². The molecule has 0 aromatic carbocycles. The number of aliphatic hydroxyl groups excluding tert-OH is 2. The van der Waals surface area contributed by atoms with Gasteiger partial charge >= 0.3 is 0 Å². The minimum atomic E-state index is -0.599. The van der Waals surface area contributed by atoms with Crippen LogP contribution in [-0.2, 0) is 9.47 Å². The molecule has 1 aliphatic heterocycles. The molecule has 0 aromatic heterocycles. The molecule has 0 spiro atoms. The molecule has 2 atom stereocenters. The summed E-state index contributed by atoms with van der Waals surface area (Å²) in [7, 11) is 0.